The number of aromatic nitrogens is 2. The van der Waals surface area contributed by atoms with Crippen LogP contribution in [-0.2, 0) is 0 Å². The molecule has 1 atom stereocenters. The van der Waals surface area contributed by atoms with Crippen molar-refractivity contribution in [2.75, 3.05) is 37.0 Å². The summed E-state index contributed by atoms with van der Waals surface area (Å²) >= 11 is 0. The van der Waals surface area contributed by atoms with Gasteiger partial charge in [-0.05, 0) is 31.0 Å². The second-order valence-electron chi connectivity index (χ2n) is 6.05. The maximum atomic E-state index is 13.9. The molecule has 0 spiro atoms. The van der Waals surface area contributed by atoms with Gasteiger partial charge in [-0.15, -0.1) is 0 Å². The largest absolute Gasteiger partial charge is 0.481 e. The summed E-state index contributed by atoms with van der Waals surface area (Å²) in [4.78, 5) is 12.6. The highest BCUT2D eigenvalue weighted by Gasteiger charge is 2.25. The number of hydrogen-bond donors (Lipinski definition) is 0. The smallest absolute Gasteiger partial charge is 0.218 e. The van der Waals surface area contributed by atoms with Crippen LogP contribution in [0, 0.1) is 17.1 Å². The molecule has 7 heteroatoms. The maximum Gasteiger partial charge on any atom is 0.218 e. The topological polar surface area (TPSA) is 65.3 Å². The van der Waals surface area contributed by atoms with Gasteiger partial charge >= 0.3 is 0 Å². The average molecular weight is 341 g/mol. The molecule has 0 aliphatic carbocycles. The summed E-state index contributed by atoms with van der Waals surface area (Å²) in [6.07, 6.45) is 3.51. The molecular weight excluding hydrogens is 321 g/mol. The van der Waals surface area contributed by atoms with E-state index < -0.39 is 5.82 Å². The lowest BCUT2D eigenvalue weighted by Crippen LogP contribution is -2.47. The summed E-state index contributed by atoms with van der Waals surface area (Å²) in [5.41, 5.74) is 0.873. The summed E-state index contributed by atoms with van der Waals surface area (Å²) in [5, 5.41) is 8.87. The molecule has 1 aromatic carbocycles. The lowest BCUT2D eigenvalue weighted by Gasteiger charge is -2.39. The number of likely N-dealkylation sites (N-methyl/N-ethyl adjacent to an activating group) is 1. The normalized spacial score (nSPS) is 17.0. The summed E-state index contributed by atoms with van der Waals surface area (Å²) < 4.78 is 19.1. The molecule has 3 rings (SSSR count). The van der Waals surface area contributed by atoms with E-state index in [4.69, 9.17) is 10.00 Å². The molecule has 0 N–H and O–H groups in total. The molecule has 0 amide bonds. The predicted molar refractivity (Wildman–Crippen MR) is 93.3 cm³/mol. The molecule has 6 nitrogen and oxygen atoms in total. The molecule has 1 aliphatic heterocycles. The standard InChI is InChI=1S/C18H20FN5O/c1-23(17-9-18(25-2)22-12-21-17)15-4-3-7-24(11-15)14-6-5-13(10-20)16(19)8-14/h5-6,8-9,12,15H,3-4,7,11H2,1-2H3. The van der Waals surface area contributed by atoms with Crippen molar-refractivity contribution in [2.45, 2.75) is 18.9 Å². The molecule has 1 aromatic heterocycles. The molecule has 0 radical (unpaired) electrons. The number of anilines is 2. The third-order valence-corrected chi connectivity index (χ3v) is 4.58. The van der Waals surface area contributed by atoms with Crippen LogP contribution in [0.3, 0.4) is 0 Å². The van der Waals surface area contributed by atoms with Crippen molar-refractivity contribution in [3.8, 4) is 11.9 Å². The van der Waals surface area contributed by atoms with Crippen molar-refractivity contribution < 1.29 is 9.13 Å². The van der Waals surface area contributed by atoms with E-state index in [2.05, 4.69) is 19.8 Å². The molecular formula is C18H20FN5O. The van der Waals surface area contributed by atoms with Gasteiger partial charge in [0.1, 0.15) is 24.0 Å². The second-order valence-corrected chi connectivity index (χ2v) is 6.05. The molecule has 0 bridgehead atoms. The number of halogens is 1. The number of methoxy groups -OCH3 is 1. The summed E-state index contributed by atoms with van der Waals surface area (Å²) in [6, 6.07) is 8.68. The van der Waals surface area contributed by atoms with Gasteiger partial charge < -0.3 is 14.5 Å². The highest BCUT2D eigenvalue weighted by Crippen LogP contribution is 2.26. The van der Waals surface area contributed by atoms with Crippen molar-refractivity contribution in [1.82, 2.24) is 9.97 Å². The van der Waals surface area contributed by atoms with E-state index in [-0.39, 0.29) is 11.6 Å². The molecule has 130 valence electrons. The Hall–Kier alpha value is -2.88. The quantitative estimate of drug-likeness (QED) is 0.852. The minimum atomic E-state index is -0.476. The first-order valence-corrected chi connectivity index (χ1v) is 8.16. The lowest BCUT2D eigenvalue weighted by molar-refractivity contribution is 0.396. The van der Waals surface area contributed by atoms with Crippen molar-refractivity contribution in [3.63, 3.8) is 0 Å². The van der Waals surface area contributed by atoms with E-state index in [1.54, 1.807) is 19.2 Å². The predicted octanol–water partition coefficient (Wildman–Crippen LogP) is 2.60. The number of nitriles is 1. The average Bonchev–Trinajstić information content (AvgIpc) is 2.67. The van der Waals surface area contributed by atoms with Crippen LogP contribution >= 0.6 is 0 Å². The Labute approximate surface area is 146 Å². The highest BCUT2D eigenvalue weighted by atomic mass is 19.1. The number of hydrogen-bond acceptors (Lipinski definition) is 6. The zero-order chi connectivity index (χ0) is 17.8. The van der Waals surface area contributed by atoms with Crippen LogP contribution in [0.2, 0.25) is 0 Å². The van der Waals surface area contributed by atoms with Gasteiger partial charge in [0.15, 0.2) is 0 Å². The highest BCUT2D eigenvalue weighted by molar-refractivity contribution is 5.52. The Morgan fingerprint density at radius 3 is 2.92 bits per heavy atom. The fourth-order valence-corrected chi connectivity index (χ4v) is 3.12. The van der Waals surface area contributed by atoms with E-state index >= 15 is 0 Å². The summed E-state index contributed by atoms with van der Waals surface area (Å²) in [5.74, 6) is 0.847. The van der Waals surface area contributed by atoms with Crippen LogP contribution in [0.15, 0.2) is 30.6 Å². The van der Waals surface area contributed by atoms with E-state index in [1.807, 2.05) is 13.1 Å². The van der Waals surface area contributed by atoms with Crippen LogP contribution in [0.1, 0.15) is 18.4 Å². The Morgan fingerprint density at radius 2 is 2.20 bits per heavy atom. The van der Waals surface area contributed by atoms with Crippen molar-refractivity contribution in [3.05, 3.63) is 42.0 Å². The Kier molecular flexibility index (Phi) is 4.98. The molecule has 25 heavy (non-hydrogen) atoms. The number of rotatable bonds is 4. The number of ether oxygens (including phenoxy) is 1. The second kappa shape index (κ2) is 7.34. The van der Waals surface area contributed by atoms with Crippen molar-refractivity contribution in [2.24, 2.45) is 0 Å². The number of benzene rings is 1. The van der Waals surface area contributed by atoms with Gasteiger partial charge in [-0.2, -0.15) is 5.26 Å². The SMILES string of the molecule is COc1cc(N(C)C2CCCN(c3ccc(C#N)c(F)c3)C2)ncn1. The molecule has 0 saturated carbocycles. The van der Waals surface area contributed by atoms with E-state index in [0.717, 1.165) is 37.4 Å². The first kappa shape index (κ1) is 17.0. The third-order valence-electron chi connectivity index (χ3n) is 4.58. The Balaban J connectivity index is 1.76. The van der Waals surface area contributed by atoms with Crippen molar-refractivity contribution >= 4 is 11.5 Å². The molecule has 2 heterocycles. The number of nitrogens with zero attached hydrogens (tertiary/aromatic N) is 5. The summed E-state index contributed by atoms with van der Waals surface area (Å²) in [6.45, 7) is 1.62. The van der Waals surface area contributed by atoms with E-state index in [9.17, 15) is 4.39 Å². The van der Waals surface area contributed by atoms with Crippen molar-refractivity contribution in [1.29, 1.82) is 5.26 Å². The zero-order valence-corrected chi connectivity index (χ0v) is 14.3. The van der Waals surface area contributed by atoms with Gasteiger partial charge in [-0.1, -0.05) is 0 Å². The fraction of sp³-hybridized carbons (Fsp3) is 0.389. The first-order chi connectivity index (χ1) is 12.1. The lowest BCUT2D eigenvalue weighted by atomic mass is 10.0. The third kappa shape index (κ3) is 3.63. The Bertz CT molecular complexity index is 791. The van der Waals surface area contributed by atoms with E-state index in [1.165, 1.54) is 18.5 Å². The Morgan fingerprint density at radius 1 is 1.36 bits per heavy atom. The molecule has 1 fully saturated rings. The van der Waals surface area contributed by atoms with Gasteiger partial charge in [-0.3, -0.25) is 0 Å². The van der Waals surface area contributed by atoms with Crippen LogP contribution < -0.4 is 14.5 Å². The molecule has 2 aromatic rings. The minimum Gasteiger partial charge on any atom is -0.481 e. The van der Waals surface area contributed by atoms with Gasteiger partial charge in [0.2, 0.25) is 5.88 Å². The maximum absolute atomic E-state index is 13.9. The van der Waals surface area contributed by atoms with Crippen LogP contribution in [-0.4, -0.2) is 43.3 Å². The van der Waals surface area contributed by atoms with Gasteiger partial charge in [-0.25, -0.2) is 14.4 Å². The van der Waals surface area contributed by atoms with Gasteiger partial charge in [0.25, 0.3) is 0 Å². The zero-order valence-electron chi connectivity index (χ0n) is 14.3. The molecule has 1 saturated heterocycles. The monoisotopic (exact) mass is 341 g/mol. The first-order valence-electron chi connectivity index (χ1n) is 8.16. The van der Waals surface area contributed by atoms with Crippen LogP contribution in [0.5, 0.6) is 5.88 Å². The molecule has 1 unspecified atom stereocenters. The van der Waals surface area contributed by atoms with Crippen LogP contribution in [0.4, 0.5) is 15.9 Å². The minimum absolute atomic E-state index is 0.0718. The van der Waals surface area contributed by atoms with Crippen LogP contribution in [0.25, 0.3) is 0 Å². The van der Waals surface area contributed by atoms with E-state index in [0.29, 0.717) is 5.88 Å². The molecule has 1 aliphatic rings. The fourth-order valence-electron chi connectivity index (χ4n) is 3.12. The summed E-state index contributed by atoms with van der Waals surface area (Å²) in [7, 11) is 3.57. The van der Waals surface area contributed by atoms with Gasteiger partial charge in [0, 0.05) is 37.9 Å². The van der Waals surface area contributed by atoms with Gasteiger partial charge in [0.05, 0.1) is 12.7 Å². The number of piperidine rings is 1.